The number of amides is 1. The van der Waals surface area contributed by atoms with Gasteiger partial charge in [-0.15, -0.1) is 0 Å². The van der Waals surface area contributed by atoms with Crippen LogP contribution in [0.4, 0.5) is 4.79 Å². The standard InChI is InChI=1S/C18H22ClNO4/c1-12-9-13(11-14(19)10-12)7-6-8-15(16(21)23-5)20-17(22)24-18(2,3)4/h9-11,15H,8H2,1-5H3,(H,20,22). The Morgan fingerprint density at radius 2 is 1.96 bits per heavy atom. The van der Waals surface area contributed by atoms with Crippen molar-refractivity contribution in [2.24, 2.45) is 0 Å². The van der Waals surface area contributed by atoms with Crippen LogP contribution < -0.4 is 5.32 Å². The monoisotopic (exact) mass is 351 g/mol. The molecule has 0 saturated heterocycles. The third kappa shape index (κ3) is 7.38. The Balaban J connectivity index is 2.79. The largest absolute Gasteiger partial charge is 0.467 e. The van der Waals surface area contributed by atoms with Crippen molar-refractivity contribution in [2.45, 2.75) is 45.8 Å². The first-order valence-corrected chi connectivity index (χ1v) is 7.82. The Hall–Kier alpha value is -2.19. The Morgan fingerprint density at radius 1 is 1.29 bits per heavy atom. The molecular weight excluding hydrogens is 330 g/mol. The number of benzene rings is 1. The molecule has 1 rings (SSSR count). The smallest absolute Gasteiger partial charge is 0.408 e. The van der Waals surface area contributed by atoms with E-state index in [1.165, 1.54) is 7.11 Å². The maximum absolute atomic E-state index is 11.8. The third-order valence-electron chi connectivity index (χ3n) is 2.76. The van der Waals surface area contributed by atoms with Crippen molar-refractivity contribution in [3.63, 3.8) is 0 Å². The van der Waals surface area contributed by atoms with Gasteiger partial charge in [-0.05, 0) is 51.5 Å². The quantitative estimate of drug-likeness (QED) is 0.669. The summed E-state index contributed by atoms with van der Waals surface area (Å²) in [6, 6.07) is 4.54. The normalized spacial score (nSPS) is 11.8. The zero-order valence-electron chi connectivity index (χ0n) is 14.5. The lowest BCUT2D eigenvalue weighted by Gasteiger charge is -2.21. The summed E-state index contributed by atoms with van der Waals surface area (Å²) in [6.07, 6.45) is -0.601. The number of rotatable bonds is 3. The fraction of sp³-hybridized carbons (Fsp3) is 0.444. The maximum Gasteiger partial charge on any atom is 0.408 e. The van der Waals surface area contributed by atoms with Crippen LogP contribution in [0.2, 0.25) is 5.02 Å². The van der Waals surface area contributed by atoms with Gasteiger partial charge in [0.2, 0.25) is 0 Å². The molecule has 0 aliphatic heterocycles. The highest BCUT2D eigenvalue weighted by Crippen LogP contribution is 2.13. The van der Waals surface area contributed by atoms with E-state index in [0.29, 0.717) is 5.02 Å². The fourth-order valence-electron chi connectivity index (χ4n) is 1.85. The molecule has 1 N–H and O–H groups in total. The summed E-state index contributed by atoms with van der Waals surface area (Å²) in [5, 5.41) is 3.06. The van der Waals surface area contributed by atoms with E-state index < -0.39 is 23.7 Å². The van der Waals surface area contributed by atoms with Gasteiger partial charge < -0.3 is 14.8 Å². The van der Waals surface area contributed by atoms with Gasteiger partial charge >= 0.3 is 12.1 Å². The zero-order valence-corrected chi connectivity index (χ0v) is 15.3. The molecule has 0 aromatic heterocycles. The van der Waals surface area contributed by atoms with Gasteiger partial charge in [0.1, 0.15) is 11.6 Å². The lowest BCUT2D eigenvalue weighted by atomic mass is 10.1. The van der Waals surface area contributed by atoms with Crippen LogP contribution in [-0.2, 0) is 14.3 Å². The molecule has 1 aromatic rings. The molecule has 0 radical (unpaired) electrons. The maximum atomic E-state index is 11.8. The minimum atomic E-state index is -0.905. The Bertz CT molecular complexity index is 648. The van der Waals surface area contributed by atoms with E-state index in [2.05, 4.69) is 21.9 Å². The molecule has 0 bridgehead atoms. The summed E-state index contributed by atoms with van der Waals surface area (Å²) < 4.78 is 9.82. The van der Waals surface area contributed by atoms with Crippen LogP contribution in [0.15, 0.2) is 18.2 Å². The van der Waals surface area contributed by atoms with Crippen LogP contribution in [0.5, 0.6) is 0 Å². The average molecular weight is 352 g/mol. The van der Waals surface area contributed by atoms with Gasteiger partial charge in [-0.1, -0.05) is 23.4 Å². The summed E-state index contributed by atoms with van der Waals surface area (Å²) >= 11 is 5.98. The minimum Gasteiger partial charge on any atom is -0.467 e. The zero-order chi connectivity index (χ0) is 18.3. The van der Waals surface area contributed by atoms with E-state index in [1.807, 2.05) is 19.1 Å². The van der Waals surface area contributed by atoms with Crippen molar-refractivity contribution in [1.29, 1.82) is 0 Å². The Labute approximate surface area is 147 Å². The van der Waals surface area contributed by atoms with Crippen LogP contribution >= 0.6 is 11.6 Å². The number of ether oxygens (including phenoxy) is 2. The molecule has 1 unspecified atom stereocenters. The molecule has 0 aliphatic carbocycles. The van der Waals surface area contributed by atoms with Crippen LogP contribution in [0.25, 0.3) is 0 Å². The fourth-order valence-corrected chi connectivity index (χ4v) is 2.14. The van der Waals surface area contributed by atoms with Crippen LogP contribution in [-0.4, -0.2) is 30.8 Å². The van der Waals surface area contributed by atoms with Gasteiger partial charge in [-0.3, -0.25) is 0 Å². The van der Waals surface area contributed by atoms with E-state index in [9.17, 15) is 9.59 Å². The minimum absolute atomic E-state index is 0.0947. The highest BCUT2D eigenvalue weighted by atomic mass is 35.5. The van der Waals surface area contributed by atoms with E-state index in [1.54, 1.807) is 26.8 Å². The first-order chi connectivity index (χ1) is 11.1. The van der Waals surface area contributed by atoms with Gasteiger partial charge in [0.15, 0.2) is 0 Å². The SMILES string of the molecule is COC(=O)C(CC#Cc1cc(C)cc(Cl)c1)NC(=O)OC(C)(C)C. The molecule has 0 fully saturated rings. The molecular formula is C18H22ClNO4. The first-order valence-electron chi connectivity index (χ1n) is 7.44. The third-order valence-corrected chi connectivity index (χ3v) is 2.98. The molecule has 0 aliphatic rings. The van der Waals surface area contributed by atoms with E-state index >= 15 is 0 Å². The molecule has 1 amide bonds. The second kappa shape index (κ2) is 8.60. The number of hydrogen-bond donors (Lipinski definition) is 1. The number of halogens is 1. The van der Waals surface area contributed by atoms with Gasteiger partial charge in [-0.2, -0.15) is 0 Å². The van der Waals surface area contributed by atoms with Gasteiger partial charge in [0.05, 0.1) is 7.11 Å². The van der Waals surface area contributed by atoms with Crippen molar-refractivity contribution in [2.75, 3.05) is 7.11 Å². The van der Waals surface area contributed by atoms with E-state index in [-0.39, 0.29) is 6.42 Å². The Kier molecular flexibility index (Phi) is 7.12. The summed E-state index contributed by atoms with van der Waals surface area (Å²) in [7, 11) is 1.25. The van der Waals surface area contributed by atoms with Crippen molar-refractivity contribution < 1.29 is 19.1 Å². The summed E-state index contributed by atoms with van der Waals surface area (Å²) in [5.41, 5.74) is 1.07. The number of aryl methyl sites for hydroxylation is 1. The molecule has 0 spiro atoms. The number of carbonyl (C=O) groups is 2. The first kappa shape index (κ1) is 19.9. The Morgan fingerprint density at radius 3 is 2.50 bits per heavy atom. The number of esters is 1. The highest BCUT2D eigenvalue weighted by Gasteiger charge is 2.24. The van der Waals surface area contributed by atoms with Crippen molar-refractivity contribution in [3.05, 3.63) is 34.3 Å². The second-order valence-corrected chi connectivity index (χ2v) is 6.68. The summed E-state index contributed by atoms with van der Waals surface area (Å²) in [4.78, 5) is 23.6. The van der Waals surface area contributed by atoms with Gasteiger partial charge in [0, 0.05) is 17.0 Å². The topological polar surface area (TPSA) is 64.6 Å². The number of methoxy groups -OCH3 is 1. The number of carbonyl (C=O) groups excluding carboxylic acids is 2. The summed E-state index contributed by atoms with van der Waals surface area (Å²) in [5.74, 6) is 5.20. The van der Waals surface area contributed by atoms with E-state index in [0.717, 1.165) is 11.1 Å². The molecule has 24 heavy (non-hydrogen) atoms. The van der Waals surface area contributed by atoms with Crippen LogP contribution in [0.3, 0.4) is 0 Å². The second-order valence-electron chi connectivity index (χ2n) is 6.25. The molecule has 1 atom stereocenters. The lowest BCUT2D eigenvalue weighted by Crippen LogP contribution is -2.43. The summed E-state index contributed by atoms with van der Waals surface area (Å²) in [6.45, 7) is 7.13. The predicted octanol–water partition coefficient (Wildman–Crippen LogP) is 3.46. The highest BCUT2D eigenvalue weighted by molar-refractivity contribution is 6.30. The van der Waals surface area contributed by atoms with Crippen molar-refractivity contribution >= 4 is 23.7 Å². The number of nitrogens with one attached hydrogen (secondary N) is 1. The van der Waals surface area contributed by atoms with Crippen molar-refractivity contribution in [3.8, 4) is 11.8 Å². The molecule has 5 nitrogen and oxygen atoms in total. The van der Waals surface area contributed by atoms with E-state index in [4.69, 9.17) is 16.3 Å². The molecule has 130 valence electrons. The average Bonchev–Trinajstić information content (AvgIpc) is 2.42. The van der Waals surface area contributed by atoms with Gasteiger partial charge in [-0.25, -0.2) is 9.59 Å². The predicted molar refractivity (Wildman–Crippen MR) is 92.9 cm³/mol. The number of alkyl carbamates (subject to hydrolysis) is 1. The molecule has 0 saturated carbocycles. The van der Waals surface area contributed by atoms with Gasteiger partial charge in [0.25, 0.3) is 0 Å². The molecule has 1 aromatic carbocycles. The molecule has 6 heteroatoms. The van der Waals surface area contributed by atoms with Crippen LogP contribution in [0, 0.1) is 18.8 Å². The van der Waals surface area contributed by atoms with Crippen LogP contribution in [0.1, 0.15) is 38.3 Å². The lowest BCUT2D eigenvalue weighted by molar-refractivity contribution is -0.143. The molecule has 0 heterocycles. The number of hydrogen-bond acceptors (Lipinski definition) is 4. The van der Waals surface area contributed by atoms with Crippen molar-refractivity contribution in [1.82, 2.24) is 5.32 Å².